The van der Waals surface area contributed by atoms with Crippen molar-refractivity contribution in [2.45, 2.75) is 162 Å². The van der Waals surface area contributed by atoms with Crippen LogP contribution < -0.4 is 39.3 Å². The van der Waals surface area contributed by atoms with E-state index in [4.69, 9.17) is 38.1 Å². The van der Waals surface area contributed by atoms with E-state index in [1.165, 1.54) is 19.3 Å². The van der Waals surface area contributed by atoms with Crippen LogP contribution in [0.15, 0.2) is 88.6 Å². The highest BCUT2D eigenvalue weighted by Crippen LogP contribution is 2.07. The molecule has 0 bridgehead atoms. The summed E-state index contributed by atoms with van der Waals surface area (Å²) in [6.07, 6.45) is 31.0. The molecule has 0 aromatic heterocycles. The number of hydrogen-bond donors (Lipinski definition) is 7. The molecule has 0 aliphatic carbocycles. The molecule has 350 valence electrons. The molecule has 0 radical (unpaired) electrons. The molecular weight excluding hydrogens is 739 g/mol. The summed E-state index contributed by atoms with van der Waals surface area (Å²) < 4.78 is 10.2. The van der Waals surface area contributed by atoms with Crippen LogP contribution in [0.3, 0.4) is 0 Å². The van der Waals surface area contributed by atoms with Gasteiger partial charge >= 0.3 is 12.2 Å². The molecule has 11 nitrogen and oxygen atoms in total. The summed E-state index contributed by atoms with van der Waals surface area (Å²) in [7, 11) is 0. The second-order valence-electron chi connectivity index (χ2n) is 14.9. The Morgan fingerprint density at radius 3 is 0.932 bits per heavy atom. The Morgan fingerprint density at radius 1 is 0.407 bits per heavy atom. The normalized spacial score (nSPS) is 9.47. The fourth-order valence-corrected chi connectivity index (χ4v) is 3.44. The van der Waals surface area contributed by atoms with Crippen molar-refractivity contribution >= 4 is 12.2 Å². The average molecular weight is 838 g/mol. The van der Waals surface area contributed by atoms with Gasteiger partial charge in [-0.3, -0.25) is 0 Å². The van der Waals surface area contributed by atoms with E-state index >= 15 is 0 Å². The van der Waals surface area contributed by atoms with Crippen LogP contribution in [0.25, 0.3) is 0 Å². The number of rotatable bonds is 26. The summed E-state index contributed by atoms with van der Waals surface area (Å²) in [4.78, 5) is 22.3. The summed E-state index contributed by atoms with van der Waals surface area (Å²) in [5.41, 5.74) is 24.8. The molecule has 0 saturated carbocycles. The van der Waals surface area contributed by atoms with E-state index in [-0.39, 0.29) is 12.2 Å². The molecule has 11 heteroatoms. The SMILES string of the molecule is C=CCCCCCN.C=CCCCCCNC(=O)OC(C)(C)C.C=CCCCCN.C=CCCCCNC(=O)OC(C)(C)C.C=CCCCN.C=CCCN.C=CCN. The third-order valence-electron chi connectivity index (χ3n) is 6.38. The molecule has 59 heavy (non-hydrogen) atoms. The Hall–Kier alpha value is -3.48. The second kappa shape index (κ2) is 63.7. The van der Waals surface area contributed by atoms with Crippen LogP contribution in [0.2, 0.25) is 0 Å². The van der Waals surface area contributed by atoms with Crippen LogP contribution in [0.5, 0.6) is 0 Å². The molecule has 0 aromatic carbocycles. The molecule has 0 rings (SSSR count). The van der Waals surface area contributed by atoms with Crippen LogP contribution in [-0.2, 0) is 9.47 Å². The molecule has 0 unspecified atom stereocenters. The van der Waals surface area contributed by atoms with Crippen molar-refractivity contribution in [3.8, 4) is 0 Å². The monoisotopic (exact) mass is 838 g/mol. The lowest BCUT2D eigenvalue weighted by Gasteiger charge is -2.19. The molecule has 0 atom stereocenters. The number of carbonyl (C=O) groups excluding carboxylic acids is 2. The zero-order valence-electron chi connectivity index (χ0n) is 39.5. The number of ether oxygens (including phenoxy) is 2. The predicted molar refractivity (Wildman–Crippen MR) is 264 cm³/mol. The minimum absolute atomic E-state index is 0.328. The zero-order chi connectivity index (χ0) is 46.9. The molecule has 2 amide bonds. The van der Waals surface area contributed by atoms with Gasteiger partial charge in [0.15, 0.2) is 0 Å². The molecule has 0 aromatic rings. The largest absolute Gasteiger partial charge is 0.444 e. The van der Waals surface area contributed by atoms with Crippen LogP contribution in [0.1, 0.15) is 151 Å². The Bertz CT molecular complexity index is 914. The Kier molecular flexibility index (Phi) is 75.7. The number of allylic oxidation sites excluding steroid dienone is 5. The van der Waals surface area contributed by atoms with E-state index in [1.54, 1.807) is 12.2 Å². The lowest BCUT2D eigenvalue weighted by molar-refractivity contribution is 0.0515. The maximum atomic E-state index is 11.2. The first-order chi connectivity index (χ1) is 28.0. The van der Waals surface area contributed by atoms with Gasteiger partial charge in [-0.15, -0.1) is 46.1 Å². The fraction of sp³-hybridized carbons (Fsp3) is 0.667. The minimum atomic E-state index is -0.412. The van der Waals surface area contributed by atoms with E-state index in [0.717, 1.165) is 116 Å². The number of amides is 2. The van der Waals surface area contributed by atoms with Gasteiger partial charge in [-0.2, -0.15) is 0 Å². The maximum absolute atomic E-state index is 11.2. The average Bonchev–Trinajstić information content (AvgIpc) is 3.17. The van der Waals surface area contributed by atoms with E-state index < -0.39 is 11.2 Å². The van der Waals surface area contributed by atoms with Gasteiger partial charge in [-0.05, 0) is 164 Å². The maximum Gasteiger partial charge on any atom is 0.407 e. The first-order valence-electron chi connectivity index (χ1n) is 21.7. The minimum Gasteiger partial charge on any atom is -0.444 e. The van der Waals surface area contributed by atoms with E-state index in [0.29, 0.717) is 19.6 Å². The summed E-state index contributed by atoms with van der Waals surface area (Å²) >= 11 is 0. The molecule has 0 spiro atoms. The number of nitrogens with one attached hydrogen (secondary N) is 2. The van der Waals surface area contributed by atoms with E-state index in [9.17, 15) is 9.59 Å². The van der Waals surface area contributed by atoms with Gasteiger partial charge in [0.25, 0.3) is 0 Å². The Labute approximate surface area is 365 Å². The second-order valence-corrected chi connectivity index (χ2v) is 14.9. The zero-order valence-corrected chi connectivity index (χ0v) is 39.5. The standard InChI is InChI=1S/C12H23NO2.C11H21NO2.C7H15N.C6H13N.C5H11N.C4H9N.C3H7N/c1-5-6-7-8-9-10-13-11(14)15-12(2,3)4;1-5-6-7-8-9-12-10(13)14-11(2,3)4;1-2-3-4-5-6-7-8;1-2-3-4-5-6-7;1-2-3-4-5-6;1-2-3-4-5;1-2-3-4/h5H,1,6-10H2,2-4H3,(H,13,14);5H,1,6-9H2,2-4H3,(H,12,13);2H,1,3-8H2;2H,1,3-7H2;2H,1,3-6H2;2H,1,3-5H2;2H,1,3-4H2. The number of nitrogens with two attached hydrogens (primary N) is 5. The predicted octanol–water partition coefficient (Wildman–Crippen LogP) is 10.7. The summed E-state index contributed by atoms with van der Waals surface area (Å²) in [6, 6.07) is 0. The van der Waals surface area contributed by atoms with Crippen molar-refractivity contribution in [1.29, 1.82) is 0 Å². The number of unbranched alkanes of at least 4 members (excludes halogenated alkanes) is 11. The molecule has 0 saturated heterocycles. The van der Waals surface area contributed by atoms with Crippen LogP contribution in [0.4, 0.5) is 9.59 Å². The third kappa shape index (κ3) is 113. The van der Waals surface area contributed by atoms with Crippen LogP contribution in [0, 0.1) is 0 Å². The smallest absolute Gasteiger partial charge is 0.407 e. The van der Waals surface area contributed by atoms with E-state index in [2.05, 4.69) is 56.7 Å². The van der Waals surface area contributed by atoms with Crippen molar-refractivity contribution in [3.05, 3.63) is 88.6 Å². The van der Waals surface area contributed by atoms with Crippen molar-refractivity contribution in [2.75, 3.05) is 45.8 Å². The highest BCUT2D eigenvalue weighted by atomic mass is 16.6. The molecule has 12 N–H and O–H groups in total. The van der Waals surface area contributed by atoms with Gasteiger partial charge in [0, 0.05) is 19.6 Å². The molecule has 0 aliphatic rings. The van der Waals surface area contributed by atoms with Gasteiger partial charge in [-0.25, -0.2) is 9.59 Å². The van der Waals surface area contributed by atoms with Gasteiger partial charge in [0.1, 0.15) is 11.2 Å². The highest BCUT2D eigenvalue weighted by molar-refractivity contribution is 5.67. The first-order valence-corrected chi connectivity index (χ1v) is 21.7. The topological polar surface area (TPSA) is 207 Å². The Morgan fingerprint density at radius 2 is 0.678 bits per heavy atom. The summed E-state index contributed by atoms with van der Waals surface area (Å²) in [6.45, 7) is 41.1. The van der Waals surface area contributed by atoms with Crippen LogP contribution in [-0.4, -0.2) is 69.2 Å². The highest BCUT2D eigenvalue weighted by Gasteiger charge is 2.16. The van der Waals surface area contributed by atoms with Crippen molar-refractivity contribution in [3.63, 3.8) is 0 Å². The van der Waals surface area contributed by atoms with Gasteiger partial charge < -0.3 is 48.8 Å². The van der Waals surface area contributed by atoms with Crippen molar-refractivity contribution in [1.82, 2.24) is 10.6 Å². The Balaban J connectivity index is -0.000000113. The van der Waals surface area contributed by atoms with Crippen molar-refractivity contribution in [2.24, 2.45) is 28.7 Å². The lowest BCUT2D eigenvalue weighted by atomic mass is 10.2. The van der Waals surface area contributed by atoms with E-state index in [1.807, 2.05) is 71.9 Å². The third-order valence-corrected chi connectivity index (χ3v) is 6.38. The lowest BCUT2D eigenvalue weighted by Crippen LogP contribution is -2.32. The van der Waals surface area contributed by atoms with Crippen molar-refractivity contribution < 1.29 is 19.1 Å². The number of alkyl carbamates (subject to hydrolysis) is 2. The number of hydrogen-bond acceptors (Lipinski definition) is 9. The molecule has 0 aliphatic heterocycles. The summed E-state index contributed by atoms with van der Waals surface area (Å²) in [5, 5.41) is 5.43. The quantitative estimate of drug-likeness (QED) is 0.0326. The first kappa shape index (κ1) is 70.1. The number of carbonyl (C=O) groups is 2. The van der Waals surface area contributed by atoms with Gasteiger partial charge in [0.2, 0.25) is 0 Å². The van der Waals surface area contributed by atoms with Gasteiger partial charge in [0.05, 0.1) is 0 Å². The fourth-order valence-electron chi connectivity index (χ4n) is 3.44. The molecule has 0 fully saturated rings. The van der Waals surface area contributed by atoms with Gasteiger partial charge in [-0.1, -0.05) is 55.4 Å². The molecule has 0 heterocycles. The molecular formula is C48H99N7O4. The summed E-state index contributed by atoms with van der Waals surface area (Å²) in [5.74, 6) is 0. The van der Waals surface area contributed by atoms with Crippen LogP contribution >= 0.6 is 0 Å².